The van der Waals surface area contributed by atoms with E-state index >= 15 is 0 Å². The second-order valence-electron chi connectivity index (χ2n) is 4.17. The highest BCUT2D eigenvalue weighted by Gasteiger charge is 2.26. The molecule has 0 aliphatic heterocycles. The van der Waals surface area contributed by atoms with Gasteiger partial charge < -0.3 is 10.4 Å². The van der Waals surface area contributed by atoms with E-state index in [-0.39, 0.29) is 5.02 Å². The van der Waals surface area contributed by atoms with Crippen LogP contribution in [0.4, 0.5) is 0 Å². The van der Waals surface area contributed by atoms with Crippen molar-refractivity contribution in [3.8, 4) is 0 Å². The van der Waals surface area contributed by atoms with Crippen molar-refractivity contribution in [2.45, 2.75) is 19.4 Å². The summed E-state index contributed by atoms with van der Waals surface area (Å²) in [4.78, 5) is 23.9. The van der Waals surface area contributed by atoms with Crippen LogP contribution in [-0.4, -0.2) is 26.6 Å². The van der Waals surface area contributed by atoms with E-state index in [9.17, 15) is 14.7 Å². The zero-order valence-electron chi connectivity index (χ0n) is 11.0. The first-order valence-corrected chi connectivity index (χ1v) is 7.29. The summed E-state index contributed by atoms with van der Waals surface area (Å²) in [6.07, 6.45) is 0.545. The quantitative estimate of drug-likeness (QED) is 0.880. The Morgan fingerprint density at radius 2 is 2.14 bits per heavy atom. The summed E-state index contributed by atoms with van der Waals surface area (Å²) in [5, 5.41) is 15.9. The minimum Gasteiger partial charge on any atom is -0.479 e. The first kappa shape index (κ1) is 15.4. The fourth-order valence-corrected chi connectivity index (χ4v) is 2.69. The Balaban J connectivity index is 2.28. The highest BCUT2D eigenvalue weighted by molar-refractivity contribution is 7.08. The van der Waals surface area contributed by atoms with Gasteiger partial charge in [-0.3, -0.25) is 4.79 Å². The van der Waals surface area contributed by atoms with Crippen LogP contribution in [0.25, 0.3) is 0 Å². The van der Waals surface area contributed by atoms with Gasteiger partial charge in [0.05, 0.1) is 5.69 Å². The molecule has 2 aromatic rings. The lowest BCUT2D eigenvalue weighted by Gasteiger charge is -2.15. The van der Waals surface area contributed by atoms with Crippen molar-refractivity contribution in [2.24, 2.45) is 0 Å². The lowest BCUT2D eigenvalue weighted by Crippen LogP contribution is -2.34. The maximum Gasteiger partial charge on any atom is 0.330 e. The van der Waals surface area contributed by atoms with E-state index in [1.165, 1.54) is 0 Å². The van der Waals surface area contributed by atoms with Crippen molar-refractivity contribution >= 4 is 35.0 Å². The summed E-state index contributed by atoms with van der Waals surface area (Å²) in [5.41, 5.74) is 0.872. The molecule has 8 heteroatoms. The van der Waals surface area contributed by atoms with Crippen molar-refractivity contribution in [1.29, 1.82) is 0 Å². The molecule has 0 fully saturated rings. The molecule has 21 heavy (non-hydrogen) atoms. The van der Waals surface area contributed by atoms with Crippen LogP contribution in [0, 0.1) is 0 Å². The molecule has 2 N–H and O–H groups in total. The number of carbonyl (C=O) groups is 2. The number of aromatic nitrogens is 2. The van der Waals surface area contributed by atoms with Crippen molar-refractivity contribution in [2.75, 3.05) is 0 Å². The first-order valence-electron chi connectivity index (χ1n) is 6.14. The third-order valence-electron chi connectivity index (χ3n) is 2.84. The van der Waals surface area contributed by atoms with Gasteiger partial charge in [0.15, 0.2) is 6.04 Å². The highest BCUT2D eigenvalue weighted by Crippen LogP contribution is 2.24. The van der Waals surface area contributed by atoms with E-state index in [0.29, 0.717) is 22.6 Å². The largest absolute Gasteiger partial charge is 0.479 e. The minimum atomic E-state index is -1.22. The van der Waals surface area contributed by atoms with Crippen molar-refractivity contribution < 1.29 is 14.7 Å². The number of nitrogens with one attached hydrogen (secondary N) is 1. The fraction of sp³-hybridized carbons (Fsp3) is 0.231. The number of benzene rings is 1. The fourth-order valence-electron chi connectivity index (χ4n) is 1.79. The molecule has 1 amide bonds. The van der Waals surface area contributed by atoms with Gasteiger partial charge in [0, 0.05) is 10.6 Å². The minimum absolute atomic E-state index is 0.281. The molecule has 0 bridgehead atoms. The molecule has 0 aliphatic carbocycles. The Hall–Kier alpha value is -1.99. The molecule has 0 saturated heterocycles. The highest BCUT2D eigenvalue weighted by atomic mass is 35.5. The predicted molar refractivity (Wildman–Crippen MR) is 78.6 cm³/mol. The van der Waals surface area contributed by atoms with Crippen LogP contribution in [0.3, 0.4) is 0 Å². The molecule has 0 aliphatic rings. The standard InChI is InChI=1S/C13H12ClN3O3S/c1-2-9-11(21-17-16-9)12(18)15-10(13(19)20)7-5-3-4-6-8(7)14/h3-6,10H,2H2,1H3,(H,15,18)(H,19,20)/t10-/m1/s1. The third-order valence-corrected chi connectivity index (χ3v) is 3.95. The maximum atomic E-state index is 12.2. The Kier molecular flexibility index (Phi) is 4.87. The molecule has 110 valence electrons. The van der Waals surface area contributed by atoms with E-state index in [4.69, 9.17) is 11.6 Å². The van der Waals surface area contributed by atoms with Crippen molar-refractivity contribution in [3.63, 3.8) is 0 Å². The van der Waals surface area contributed by atoms with Crippen LogP contribution in [0.1, 0.15) is 33.9 Å². The molecule has 0 saturated carbocycles. The number of aryl methyl sites for hydroxylation is 1. The smallest absolute Gasteiger partial charge is 0.330 e. The summed E-state index contributed by atoms with van der Waals surface area (Å²) in [5.74, 6) is -1.71. The van der Waals surface area contributed by atoms with Gasteiger partial charge in [-0.05, 0) is 24.0 Å². The molecule has 1 aromatic carbocycles. The lowest BCUT2D eigenvalue weighted by atomic mass is 10.1. The van der Waals surface area contributed by atoms with Gasteiger partial charge in [0.1, 0.15) is 4.88 Å². The van der Waals surface area contributed by atoms with Crippen LogP contribution in [0.5, 0.6) is 0 Å². The second-order valence-corrected chi connectivity index (χ2v) is 5.33. The number of rotatable bonds is 5. The number of halogens is 1. The Morgan fingerprint density at radius 3 is 2.76 bits per heavy atom. The van der Waals surface area contributed by atoms with Gasteiger partial charge >= 0.3 is 5.97 Å². The van der Waals surface area contributed by atoms with E-state index < -0.39 is 17.9 Å². The summed E-state index contributed by atoms with van der Waals surface area (Å²) in [6, 6.07) is 5.26. The van der Waals surface area contributed by atoms with Crippen LogP contribution in [0.2, 0.25) is 5.02 Å². The molecule has 2 rings (SSSR count). The van der Waals surface area contributed by atoms with E-state index in [1.807, 2.05) is 6.92 Å². The van der Waals surface area contributed by atoms with Crippen molar-refractivity contribution in [1.82, 2.24) is 14.9 Å². The third kappa shape index (κ3) is 3.37. The van der Waals surface area contributed by atoms with E-state index in [1.54, 1.807) is 24.3 Å². The number of amides is 1. The topological polar surface area (TPSA) is 92.2 Å². The number of carboxylic acid groups (broad SMARTS) is 1. The van der Waals surface area contributed by atoms with Crippen LogP contribution < -0.4 is 5.32 Å². The first-order chi connectivity index (χ1) is 10.0. The SMILES string of the molecule is CCc1nnsc1C(=O)N[C@@H](C(=O)O)c1ccccc1Cl. The average Bonchev–Trinajstić information content (AvgIpc) is 2.93. The van der Waals surface area contributed by atoms with E-state index in [2.05, 4.69) is 14.9 Å². The zero-order valence-corrected chi connectivity index (χ0v) is 12.6. The number of carbonyl (C=O) groups excluding carboxylic acids is 1. The summed E-state index contributed by atoms with van der Waals surface area (Å²) >= 11 is 6.93. The molecule has 1 aromatic heterocycles. The molecular formula is C13H12ClN3O3S. The normalized spacial score (nSPS) is 11.9. The van der Waals surface area contributed by atoms with Gasteiger partial charge in [-0.1, -0.05) is 41.2 Å². The Bertz CT molecular complexity index is 674. The van der Waals surface area contributed by atoms with Gasteiger partial charge in [-0.25, -0.2) is 4.79 Å². The second kappa shape index (κ2) is 6.64. The molecule has 1 heterocycles. The molecule has 0 radical (unpaired) electrons. The molecule has 0 spiro atoms. The summed E-state index contributed by atoms with van der Waals surface area (Å²) in [7, 11) is 0. The summed E-state index contributed by atoms with van der Waals surface area (Å²) in [6.45, 7) is 1.84. The molecule has 1 atom stereocenters. The van der Waals surface area contributed by atoms with Gasteiger partial charge in [0.25, 0.3) is 5.91 Å². The average molecular weight is 326 g/mol. The zero-order chi connectivity index (χ0) is 15.4. The van der Waals surface area contributed by atoms with Gasteiger partial charge in [0.2, 0.25) is 0 Å². The monoisotopic (exact) mass is 325 g/mol. The Labute approximate surface area is 129 Å². The number of nitrogens with zero attached hydrogens (tertiary/aromatic N) is 2. The van der Waals surface area contributed by atoms with Gasteiger partial charge in [-0.15, -0.1) is 5.10 Å². The van der Waals surface area contributed by atoms with Crippen LogP contribution in [0.15, 0.2) is 24.3 Å². The van der Waals surface area contributed by atoms with Crippen LogP contribution >= 0.6 is 23.1 Å². The number of carboxylic acids is 1. The van der Waals surface area contributed by atoms with Gasteiger partial charge in [-0.2, -0.15) is 0 Å². The molecular weight excluding hydrogens is 314 g/mol. The van der Waals surface area contributed by atoms with Crippen molar-refractivity contribution in [3.05, 3.63) is 45.4 Å². The number of aliphatic carboxylic acids is 1. The summed E-state index contributed by atoms with van der Waals surface area (Å²) < 4.78 is 3.71. The molecule has 6 nitrogen and oxygen atoms in total. The molecule has 0 unspecified atom stereocenters. The Morgan fingerprint density at radius 1 is 1.43 bits per heavy atom. The number of hydrogen-bond donors (Lipinski definition) is 2. The van der Waals surface area contributed by atoms with E-state index in [0.717, 1.165) is 11.5 Å². The number of hydrogen-bond acceptors (Lipinski definition) is 5. The van der Waals surface area contributed by atoms with Crippen LogP contribution in [-0.2, 0) is 11.2 Å². The maximum absolute atomic E-state index is 12.2. The predicted octanol–water partition coefficient (Wildman–Crippen LogP) is 2.31. The lowest BCUT2D eigenvalue weighted by molar-refractivity contribution is -0.139.